The minimum absolute atomic E-state index is 0.107. The van der Waals surface area contributed by atoms with Crippen molar-refractivity contribution in [2.45, 2.75) is 31.2 Å². The van der Waals surface area contributed by atoms with Crippen molar-refractivity contribution in [3.63, 3.8) is 0 Å². The van der Waals surface area contributed by atoms with Gasteiger partial charge in [-0.05, 0) is 45.0 Å². The molecule has 2 aromatic rings. The van der Waals surface area contributed by atoms with E-state index in [0.29, 0.717) is 5.69 Å². The van der Waals surface area contributed by atoms with Crippen molar-refractivity contribution in [3.05, 3.63) is 54.1 Å². The third-order valence-electron chi connectivity index (χ3n) is 4.28. The second kappa shape index (κ2) is 6.74. The molecule has 0 bridgehead atoms. The van der Waals surface area contributed by atoms with Crippen molar-refractivity contribution in [1.29, 1.82) is 0 Å². The van der Waals surface area contributed by atoms with E-state index in [9.17, 15) is 13.2 Å². The molecule has 26 heavy (non-hydrogen) atoms. The number of hydrogen-bond donors (Lipinski definition) is 1. The number of aryl methyl sites for hydroxylation is 1. The van der Waals surface area contributed by atoms with Crippen molar-refractivity contribution in [2.75, 3.05) is 23.4 Å². The van der Waals surface area contributed by atoms with Gasteiger partial charge in [-0.3, -0.25) is 8.98 Å². The first-order chi connectivity index (χ1) is 12.2. The minimum atomic E-state index is -3.86. The van der Waals surface area contributed by atoms with Crippen LogP contribution in [0.2, 0.25) is 0 Å². The smallest absolute Gasteiger partial charge is 0.297 e. The molecule has 1 aliphatic rings. The van der Waals surface area contributed by atoms with E-state index >= 15 is 0 Å². The number of nitrogens with zero attached hydrogens (tertiary/aromatic N) is 1. The largest absolute Gasteiger partial charge is 0.370 e. The van der Waals surface area contributed by atoms with Crippen molar-refractivity contribution in [2.24, 2.45) is 0 Å². The summed E-state index contributed by atoms with van der Waals surface area (Å²) < 4.78 is 29.8. The SMILES string of the molecule is Cc1ccc(S(=O)(=O)OCCN2C(=O)C(C)(C)Nc3ccccc32)cc1. The molecular weight excluding hydrogens is 352 g/mol. The predicted molar refractivity (Wildman–Crippen MR) is 101 cm³/mol. The van der Waals surface area contributed by atoms with Gasteiger partial charge >= 0.3 is 0 Å². The summed E-state index contributed by atoms with van der Waals surface area (Å²) in [5, 5.41) is 3.20. The molecule has 0 saturated heterocycles. The number of benzene rings is 2. The lowest BCUT2D eigenvalue weighted by atomic mass is 9.98. The molecular formula is C19H22N2O4S. The maximum Gasteiger partial charge on any atom is 0.297 e. The third-order valence-corrected chi connectivity index (χ3v) is 5.61. The Hall–Kier alpha value is -2.38. The zero-order chi connectivity index (χ0) is 18.9. The summed E-state index contributed by atoms with van der Waals surface area (Å²) in [5.74, 6) is -0.132. The lowest BCUT2D eigenvalue weighted by molar-refractivity contribution is -0.122. The Labute approximate surface area is 153 Å². The fourth-order valence-corrected chi connectivity index (χ4v) is 3.78. The van der Waals surface area contributed by atoms with Crippen LogP contribution >= 0.6 is 0 Å². The topological polar surface area (TPSA) is 75.7 Å². The number of anilines is 2. The first-order valence-electron chi connectivity index (χ1n) is 8.36. The Bertz CT molecular complexity index is 921. The second-order valence-corrected chi connectivity index (χ2v) is 8.43. The highest BCUT2D eigenvalue weighted by molar-refractivity contribution is 7.86. The van der Waals surface area contributed by atoms with E-state index in [4.69, 9.17) is 4.18 Å². The molecule has 0 spiro atoms. The van der Waals surface area contributed by atoms with Crippen molar-refractivity contribution in [3.8, 4) is 0 Å². The van der Waals surface area contributed by atoms with Gasteiger partial charge in [-0.15, -0.1) is 0 Å². The minimum Gasteiger partial charge on any atom is -0.370 e. The number of carbonyl (C=O) groups is 1. The molecule has 0 saturated carbocycles. The molecule has 0 atom stereocenters. The van der Waals surface area contributed by atoms with Crippen molar-refractivity contribution in [1.82, 2.24) is 0 Å². The van der Waals surface area contributed by atoms with Crippen LogP contribution in [-0.4, -0.2) is 33.0 Å². The number of carbonyl (C=O) groups excluding carboxylic acids is 1. The maximum absolute atomic E-state index is 12.7. The maximum atomic E-state index is 12.7. The van der Waals surface area contributed by atoms with Crippen LogP contribution in [0, 0.1) is 6.92 Å². The molecule has 0 aliphatic carbocycles. The molecule has 3 rings (SSSR count). The highest BCUT2D eigenvalue weighted by Gasteiger charge is 2.38. The summed E-state index contributed by atoms with van der Waals surface area (Å²) >= 11 is 0. The van der Waals surface area contributed by atoms with Crippen LogP contribution in [0.1, 0.15) is 19.4 Å². The summed E-state index contributed by atoms with van der Waals surface area (Å²) in [7, 11) is -3.86. The summed E-state index contributed by atoms with van der Waals surface area (Å²) in [6.07, 6.45) is 0. The van der Waals surface area contributed by atoms with Crippen molar-refractivity contribution < 1.29 is 17.4 Å². The van der Waals surface area contributed by atoms with Gasteiger partial charge in [0.25, 0.3) is 16.0 Å². The van der Waals surface area contributed by atoms with Gasteiger partial charge in [0.15, 0.2) is 0 Å². The fourth-order valence-electron chi connectivity index (χ4n) is 2.88. The molecule has 0 radical (unpaired) electrons. The number of fused-ring (bicyclic) bond motifs is 1. The van der Waals surface area contributed by atoms with Crippen LogP contribution in [0.25, 0.3) is 0 Å². The fraction of sp³-hybridized carbons (Fsp3) is 0.316. The van der Waals surface area contributed by atoms with Gasteiger partial charge in [0.1, 0.15) is 5.54 Å². The highest BCUT2D eigenvalue weighted by Crippen LogP contribution is 2.34. The Morgan fingerprint density at radius 2 is 1.73 bits per heavy atom. The van der Waals surface area contributed by atoms with Gasteiger partial charge in [-0.25, -0.2) is 0 Å². The first-order valence-corrected chi connectivity index (χ1v) is 9.77. The quantitative estimate of drug-likeness (QED) is 0.815. The zero-order valence-corrected chi connectivity index (χ0v) is 15.8. The lowest BCUT2D eigenvalue weighted by Gasteiger charge is -2.39. The van der Waals surface area contributed by atoms with Crippen LogP contribution in [0.15, 0.2) is 53.4 Å². The van der Waals surface area contributed by atoms with Gasteiger partial charge in [0.05, 0.1) is 29.4 Å². The lowest BCUT2D eigenvalue weighted by Crippen LogP contribution is -2.54. The standard InChI is InChI=1S/C19H22N2O4S/c1-14-8-10-15(11-9-14)26(23,24)25-13-12-21-17-7-5-4-6-16(17)20-19(2,3)18(21)22/h4-11,20H,12-13H2,1-3H3. The molecule has 0 fully saturated rings. The molecule has 1 heterocycles. The number of amides is 1. The van der Waals surface area contributed by atoms with Crippen molar-refractivity contribution >= 4 is 27.4 Å². The highest BCUT2D eigenvalue weighted by atomic mass is 32.2. The van der Waals surface area contributed by atoms with Crippen LogP contribution < -0.4 is 10.2 Å². The summed E-state index contributed by atoms with van der Waals surface area (Å²) in [5.41, 5.74) is 1.74. The summed E-state index contributed by atoms with van der Waals surface area (Å²) in [6.45, 7) is 5.50. The van der Waals surface area contributed by atoms with Crippen LogP contribution in [0.5, 0.6) is 0 Å². The van der Waals surface area contributed by atoms with Crippen LogP contribution in [-0.2, 0) is 19.1 Å². The van der Waals surface area contributed by atoms with E-state index < -0.39 is 15.7 Å². The van der Waals surface area contributed by atoms with Crippen LogP contribution in [0.3, 0.4) is 0 Å². The Balaban J connectivity index is 1.75. The van der Waals surface area contributed by atoms with E-state index in [1.807, 2.05) is 31.2 Å². The Kier molecular flexibility index (Phi) is 4.77. The summed E-state index contributed by atoms with van der Waals surface area (Å²) in [6, 6.07) is 13.9. The molecule has 6 nitrogen and oxygen atoms in total. The first kappa shape index (κ1) is 18.4. The molecule has 7 heteroatoms. The molecule has 0 unspecified atom stereocenters. The summed E-state index contributed by atoms with van der Waals surface area (Å²) in [4.78, 5) is 14.4. The monoisotopic (exact) mass is 374 g/mol. The third kappa shape index (κ3) is 3.59. The van der Waals surface area contributed by atoms with E-state index in [1.165, 1.54) is 12.1 Å². The number of nitrogens with one attached hydrogen (secondary N) is 1. The number of hydrogen-bond acceptors (Lipinski definition) is 5. The van der Waals surface area contributed by atoms with E-state index in [1.54, 1.807) is 30.9 Å². The zero-order valence-electron chi connectivity index (χ0n) is 15.0. The predicted octanol–water partition coefficient (Wildman–Crippen LogP) is 2.94. The normalized spacial score (nSPS) is 16.1. The Morgan fingerprint density at radius 3 is 2.42 bits per heavy atom. The molecule has 138 valence electrons. The Morgan fingerprint density at radius 1 is 1.08 bits per heavy atom. The van der Waals surface area contributed by atoms with E-state index in [0.717, 1.165) is 11.3 Å². The molecule has 0 aromatic heterocycles. The van der Waals surface area contributed by atoms with Gasteiger partial charge in [-0.2, -0.15) is 8.42 Å². The average Bonchev–Trinajstić information content (AvgIpc) is 2.58. The van der Waals surface area contributed by atoms with E-state index in [-0.39, 0.29) is 24.0 Å². The van der Waals surface area contributed by atoms with Gasteiger partial charge in [0.2, 0.25) is 0 Å². The van der Waals surface area contributed by atoms with Gasteiger partial charge in [0, 0.05) is 0 Å². The number of rotatable bonds is 5. The molecule has 1 aliphatic heterocycles. The molecule has 2 aromatic carbocycles. The van der Waals surface area contributed by atoms with Gasteiger partial charge < -0.3 is 10.2 Å². The number of para-hydroxylation sites is 2. The van der Waals surface area contributed by atoms with E-state index in [2.05, 4.69) is 5.32 Å². The average molecular weight is 374 g/mol. The second-order valence-electron chi connectivity index (χ2n) is 6.81. The van der Waals surface area contributed by atoms with Gasteiger partial charge in [-0.1, -0.05) is 29.8 Å². The molecule has 1 amide bonds. The molecule has 1 N–H and O–H groups in total. The van der Waals surface area contributed by atoms with Crippen LogP contribution in [0.4, 0.5) is 11.4 Å².